The molecule has 5 heteroatoms. The van der Waals surface area contributed by atoms with Gasteiger partial charge in [-0.2, -0.15) is 0 Å². The molecule has 5 nitrogen and oxygen atoms in total. The van der Waals surface area contributed by atoms with E-state index < -0.39 is 0 Å². The molecule has 0 bridgehead atoms. The standard InChI is InChI=1S/C37H53NO4/c1-24(23-38-34(41)20-27-12-7-6-8-13-27)10-9-11-25(2)35-33(40)22-32-30-15-14-28-21-29(42-26(3)39)16-18-36(28,4)31(30)17-19-37(32,35)5/h6-8,12-14,24-25,29-32,35H,9-11,15-23H2,1-5H3,(H,38,41)/t24?,25-,29?,30-,31+,32+,35+,36+,37+/m1/s1. The Morgan fingerprint density at radius 2 is 1.79 bits per heavy atom. The van der Waals surface area contributed by atoms with Gasteiger partial charge in [0.15, 0.2) is 0 Å². The van der Waals surface area contributed by atoms with Crippen molar-refractivity contribution in [2.45, 2.75) is 111 Å². The molecule has 3 saturated carbocycles. The molecule has 3 fully saturated rings. The van der Waals surface area contributed by atoms with Crippen LogP contribution in [0.15, 0.2) is 42.0 Å². The fraction of sp³-hybridized carbons (Fsp3) is 0.703. The van der Waals surface area contributed by atoms with Crippen molar-refractivity contribution in [2.24, 2.45) is 46.3 Å². The molecule has 0 spiro atoms. The largest absolute Gasteiger partial charge is 0.462 e. The number of hydrogen-bond donors (Lipinski definition) is 1. The number of allylic oxidation sites excluding steroid dienone is 1. The minimum absolute atomic E-state index is 0.0267. The Labute approximate surface area is 253 Å². The molecule has 230 valence electrons. The third-order valence-corrected chi connectivity index (χ3v) is 12.1. The number of nitrogens with one attached hydrogen (secondary N) is 1. The zero-order valence-electron chi connectivity index (χ0n) is 26.6. The number of amides is 1. The number of benzene rings is 1. The summed E-state index contributed by atoms with van der Waals surface area (Å²) < 4.78 is 5.61. The maximum atomic E-state index is 13.7. The average Bonchev–Trinajstić information content (AvgIpc) is 3.22. The van der Waals surface area contributed by atoms with Crippen LogP contribution in [0.25, 0.3) is 0 Å². The Balaban J connectivity index is 1.14. The molecule has 5 rings (SSSR count). The van der Waals surface area contributed by atoms with Gasteiger partial charge in [-0.3, -0.25) is 14.4 Å². The summed E-state index contributed by atoms with van der Waals surface area (Å²) in [6, 6.07) is 9.90. The van der Waals surface area contributed by atoms with Crippen LogP contribution < -0.4 is 5.32 Å². The monoisotopic (exact) mass is 575 g/mol. The van der Waals surface area contributed by atoms with E-state index in [1.165, 1.54) is 18.9 Å². The minimum Gasteiger partial charge on any atom is -0.462 e. The number of rotatable bonds is 10. The van der Waals surface area contributed by atoms with Gasteiger partial charge in [0.25, 0.3) is 0 Å². The molecule has 1 aromatic rings. The molecule has 42 heavy (non-hydrogen) atoms. The van der Waals surface area contributed by atoms with Crippen molar-refractivity contribution in [3.8, 4) is 0 Å². The second-order valence-electron chi connectivity index (χ2n) is 14.9. The van der Waals surface area contributed by atoms with Gasteiger partial charge in [0.05, 0.1) is 6.42 Å². The van der Waals surface area contributed by atoms with Gasteiger partial charge in [-0.15, -0.1) is 0 Å². The first-order chi connectivity index (χ1) is 20.0. The molecule has 1 N–H and O–H groups in total. The maximum Gasteiger partial charge on any atom is 0.302 e. The fourth-order valence-corrected chi connectivity index (χ4v) is 9.95. The van der Waals surface area contributed by atoms with Crippen LogP contribution in [0.5, 0.6) is 0 Å². The number of hydrogen-bond acceptors (Lipinski definition) is 4. The second-order valence-corrected chi connectivity index (χ2v) is 14.9. The number of fused-ring (bicyclic) bond motifs is 5. The predicted molar refractivity (Wildman–Crippen MR) is 166 cm³/mol. The van der Waals surface area contributed by atoms with E-state index in [4.69, 9.17) is 4.74 Å². The van der Waals surface area contributed by atoms with E-state index in [0.29, 0.717) is 48.3 Å². The van der Waals surface area contributed by atoms with Crippen LogP contribution in [0.4, 0.5) is 0 Å². The van der Waals surface area contributed by atoms with E-state index in [1.54, 1.807) is 0 Å². The summed E-state index contributed by atoms with van der Waals surface area (Å²) >= 11 is 0. The van der Waals surface area contributed by atoms with Crippen molar-refractivity contribution in [1.29, 1.82) is 0 Å². The first-order valence-corrected chi connectivity index (χ1v) is 16.7. The summed E-state index contributed by atoms with van der Waals surface area (Å²) in [5, 5.41) is 3.11. The van der Waals surface area contributed by atoms with Gasteiger partial charge < -0.3 is 10.1 Å². The van der Waals surface area contributed by atoms with Crippen molar-refractivity contribution < 1.29 is 19.1 Å². The highest BCUT2D eigenvalue weighted by molar-refractivity contribution is 5.85. The molecule has 9 atom stereocenters. The molecule has 1 aromatic carbocycles. The lowest BCUT2D eigenvalue weighted by molar-refractivity contribution is -0.148. The van der Waals surface area contributed by atoms with E-state index in [0.717, 1.165) is 63.4 Å². The molecule has 0 heterocycles. The van der Waals surface area contributed by atoms with Gasteiger partial charge in [-0.05, 0) is 90.9 Å². The summed E-state index contributed by atoms with van der Waals surface area (Å²) in [5.74, 6) is 3.12. The van der Waals surface area contributed by atoms with Gasteiger partial charge in [-0.25, -0.2) is 0 Å². The highest BCUT2D eigenvalue weighted by atomic mass is 16.5. The van der Waals surface area contributed by atoms with E-state index in [-0.39, 0.29) is 34.7 Å². The van der Waals surface area contributed by atoms with Crippen LogP contribution in [0.2, 0.25) is 0 Å². The van der Waals surface area contributed by atoms with Crippen molar-refractivity contribution >= 4 is 17.7 Å². The number of carbonyl (C=O) groups is 3. The van der Waals surface area contributed by atoms with Crippen LogP contribution in [0, 0.1) is 46.3 Å². The topological polar surface area (TPSA) is 72.5 Å². The van der Waals surface area contributed by atoms with Gasteiger partial charge >= 0.3 is 5.97 Å². The van der Waals surface area contributed by atoms with Gasteiger partial charge in [0, 0.05) is 32.2 Å². The molecule has 2 unspecified atom stereocenters. The van der Waals surface area contributed by atoms with Crippen LogP contribution in [-0.2, 0) is 25.5 Å². The van der Waals surface area contributed by atoms with E-state index in [1.807, 2.05) is 30.3 Å². The summed E-state index contributed by atoms with van der Waals surface area (Å²) in [4.78, 5) is 37.6. The Kier molecular flexibility index (Phi) is 9.35. The highest BCUT2D eigenvalue weighted by Crippen LogP contribution is 2.66. The summed E-state index contributed by atoms with van der Waals surface area (Å²) in [6.45, 7) is 11.7. The molecule has 0 aliphatic heterocycles. The number of ketones is 1. The number of ether oxygens (including phenoxy) is 1. The normalized spacial score (nSPS) is 35.2. The molecule has 4 aliphatic carbocycles. The van der Waals surface area contributed by atoms with E-state index in [2.05, 4.69) is 39.1 Å². The van der Waals surface area contributed by atoms with E-state index >= 15 is 0 Å². The number of esters is 1. The van der Waals surface area contributed by atoms with Crippen molar-refractivity contribution in [3.05, 3.63) is 47.5 Å². The lowest BCUT2D eigenvalue weighted by Crippen LogP contribution is -2.51. The summed E-state index contributed by atoms with van der Waals surface area (Å²) in [5.41, 5.74) is 2.83. The molecule has 1 amide bonds. The zero-order valence-corrected chi connectivity index (χ0v) is 26.6. The van der Waals surface area contributed by atoms with Crippen molar-refractivity contribution in [2.75, 3.05) is 6.54 Å². The van der Waals surface area contributed by atoms with Crippen LogP contribution >= 0.6 is 0 Å². The Hall–Kier alpha value is -2.43. The molecular formula is C37H53NO4. The minimum atomic E-state index is -0.170. The van der Waals surface area contributed by atoms with Crippen LogP contribution in [-0.4, -0.2) is 30.3 Å². The zero-order chi connectivity index (χ0) is 30.1. The molecule has 0 aromatic heterocycles. The van der Waals surface area contributed by atoms with Crippen LogP contribution in [0.1, 0.15) is 104 Å². The average molecular weight is 576 g/mol. The smallest absolute Gasteiger partial charge is 0.302 e. The van der Waals surface area contributed by atoms with Gasteiger partial charge in [0.1, 0.15) is 11.9 Å². The number of carbonyl (C=O) groups excluding carboxylic acids is 3. The van der Waals surface area contributed by atoms with Crippen LogP contribution in [0.3, 0.4) is 0 Å². The fourth-order valence-electron chi connectivity index (χ4n) is 9.95. The summed E-state index contributed by atoms with van der Waals surface area (Å²) in [7, 11) is 0. The third-order valence-electron chi connectivity index (χ3n) is 12.1. The maximum absolute atomic E-state index is 13.7. The highest BCUT2D eigenvalue weighted by Gasteiger charge is 2.61. The first-order valence-electron chi connectivity index (χ1n) is 16.7. The summed E-state index contributed by atoms with van der Waals surface area (Å²) in [6.07, 6.45) is 13.3. The Morgan fingerprint density at radius 1 is 1.02 bits per heavy atom. The Morgan fingerprint density at radius 3 is 2.52 bits per heavy atom. The molecular weight excluding hydrogens is 522 g/mol. The predicted octanol–water partition coefficient (Wildman–Crippen LogP) is 7.48. The van der Waals surface area contributed by atoms with E-state index in [9.17, 15) is 14.4 Å². The molecule has 0 saturated heterocycles. The Bertz CT molecular complexity index is 1180. The molecule has 4 aliphatic rings. The SMILES string of the molecule is CC(=O)OC1CC[C@@]2(C)C(=CC[C@H]3[C@@H]4CC(=O)[C@H]([C@H](C)CCCC(C)CNC(=O)Cc5ccccc5)[C@@]4(C)CC[C@@H]32)C1. The number of Topliss-reactive ketones (excluding diaryl/α,β-unsaturated/α-hetero) is 1. The van der Waals surface area contributed by atoms with Gasteiger partial charge in [0.2, 0.25) is 5.91 Å². The van der Waals surface area contributed by atoms with Crippen molar-refractivity contribution in [1.82, 2.24) is 5.32 Å². The van der Waals surface area contributed by atoms with Gasteiger partial charge in [-0.1, -0.05) is 76.1 Å². The quantitative estimate of drug-likeness (QED) is 0.232. The van der Waals surface area contributed by atoms with Crippen molar-refractivity contribution in [3.63, 3.8) is 0 Å². The lowest BCUT2D eigenvalue weighted by Gasteiger charge is -2.58. The first kappa shape index (κ1) is 31.0. The molecule has 0 radical (unpaired) electrons. The second kappa shape index (κ2) is 12.7. The third kappa shape index (κ3) is 6.26. The lowest BCUT2D eigenvalue weighted by atomic mass is 9.47.